The highest BCUT2D eigenvalue weighted by Crippen LogP contribution is 2.20. The van der Waals surface area contributed by atoms with Gasteiger partial charge in [0.15, 0.2) is 0 Å². The Kier molecular flexibility index (Phi) is 4.54. The van der Waals surface area contributed by atoms with Crippen LogP contribution in [-0.2, 0) is 6.42 Å². The Bertz CT molecular complexity index is 543. The summed E-state index contributed by atoms with van der Waals surface area (Å²) in [6.07, 6.45) is 2.47. The van der Waals surface area contributed by atoms with Crippen molar-refractivity contribution >= 4 is 39.8 Å². The zero-order chi connectivity index (χ0) is 13.0. The lowest BCUT2D eigenvalue weighted by Crippen LogP contribution is -2.25. The molecule has 0 saturated heterocycles. The van der Waals surface area contributed by atoms with Crippen molar-refractivity contribution in [2.75, 3.05) is 6.54 Å². The Morgan fingerprint density at radius 1 is 1.50 bits per heavy atom. The second-order valence-electron chi connectivity index (χ2n) is 3.60. The maximum absolute atomic E-state index is 11.8. The lowest BCUT2D eigenvalue weighted by atomic mass is 10.2. The summed E-state index contributed by atoms with van der Waals surface area (Å²) in [5.74, 6) is -0.0542. The van der Waals surface area contributed by atoms with Crippen LogP contribution in [0.2, 0.25) is 0 Å². The molecular formula is C12H11IN2O2S. The van der Waals surface area contributed by atoms with Crippen LogP contribution < -0.4 is 5.32 Å². The van der Waals surface area contributed by atoms with Crippen LogP contribution >= 0.6 is 33.9 Å². The largest absolute Gasteiger partial charge is 0.507 e. The van der Waals surface area contributed by atoms with Gasteiger partial charge in [0.25, 0.3) is 5.91 Å². The molecule has 0 aliphatic rings. The normalized spacial score (nSPS) is 10.3. The molecule has 2 N–H and O–H groups in total. The van der Waals surface area contributed by atoms with Crippen molar-refractivity contribution in [3.05, 3.63) is 43.9 Å². The summed E-state index contributed by atoms with van der Waals surface area (Å²) in [5, 5.41) is 15.2. The molecule has 0 unspecified atom stereocenters. The first-order chi connectivity index (χ1) is 8.66. The standard InChI is InChI=1S/C12H11IN2O2S/c13-9-2-1-8(7-10(9)16)12(17)15-4-3-11-14-5-6-18-11/h1-2,5-7,16H,3-4H2,(H,15,17). The molecule has 1 aromatic carbocycles. The van der Waals surface area contributed by atoms with Gasteiger partial charge in [-0.1, -0.05) is 0 Å². The summed E-state index contributed by atoms with van der Waals surface area (Å²) in [4.78, 5) is 15.9. The lowest BCUT2D eigenvalue weighted by Gasteiger charge is -2.05. The van der Waals surface area contributed by atoms with Gasteiger partial charge in [0.1, 0.15) is 5.75 Å². The maximum atomic E-state index is 11.8. The van der Waals surface area contributed by atoms with Crippen LogP contribution in [0, 0.1) is 3.57 Å². The van der Waals surface area contributed by atoms with E-state index in [0.29, 0.717) is 12.1 Å². The zero-order valence-corrected chi connectivity index (χ0v) is 12.4. The number of nitrogens with zero attached hydrogens (tertiary/aromatic N) is 1. The highest BCUT2D eigenvalue weighted by molar-refractivity contribution is 14.1. The highest BCUT2D eigenvalue weighted by atomic mass is 127. The first-order valence-electron chi connectivity index (χ1n) is 5.32. The minimum atomic E-state index is -0.182. The van der Waals surface area contributed by atoms with Crippen LogP contribution in [0.4, 0.5) is 0 Å². The molecule has 18 heavy (non-hydrogen) atoms. The van der Waals surface area contributed by atoms with Gasteiger partial charge in [0.2, 0.25) is 0 Å². The summed E-state index contributed by atoms with van der Waals surface area (Å²) < 4.78 is 0.729. The minimum Gasteiger partial charge on any atom is -0.507 e. The lowest BCUT2D eigenvalue weighted by molar-refractivity contribution is 0.0953. The molecule has 0 bridgehead atoms. The van der Waals surface area contributed by atoms with Crippen molar-refractivity contribution < 1.29 is 9.90 Å². The number of hydrogen-bond acceptors (Lipinski definition) is 4. The summed E-state index contributed by atoms with van der Waals surface area (Å²) in [6.45, 7) is 0.541. The summed E-state index contributed by atoms with van der Waals surface area (Å²) in [5.41, 5.74) is 0.465. The third-order valence-electron chi connectivity index (χ3n) is 2.32. The van der Waals surface area contributed by atoms with Crippen LogP contribution in [-0.4, -0.2) is 22.5 Å². The van der Waals surface area contributed by atoms with Gasteiger partial charge in [-0.15, -0.1) is 11.3 Å². The van der Waals surface area contributed by atoms with Gasteiger partial charge in [-0.2, -0.15) is 0 Å². The summed E-state index contributed by atoms with van der Waals surface area (Å²) >= 11 is 3.58. The summed E-state index contributed by atoms with van der Waals surface area (Å²) in [7, 11) is 0. The fraction of sp³-hybridized carbons (Fsp3) is 0.167. The number of nitrogens with one attached hydrogen (secondary N) is 1. The first-order valence-corrected chi connectivity index (χ1v) is 7.28. The Morgan fingerprint density at radius 3 is 3.00 bits per heavy atom. The van der Waals surface area contributed by atoms with E-state index in [1.807, 2.05) is 28.0 Å². The molecule has 94 valence electrons. The molecule has 0 saturated carbocycles. The molecule has 0 spiro atoms. The number of carbonyl (C=O) groups excluding carboxylic acids is 1. The van der Waals surface area contributed by atoms with Crippen molar-refractivity contribution in [3.8, 4) is 5.75 Å². The number of aromatic nitrogens is 1. The van der Waals surface area contributed by atoms with E-state index < -0.39 is 0 Å². The van der Waals surface area contributed by atoms with E-state index in [2.05, 4.69) is 10.3 Å². The number of phenolic OH excluding ortho intramolecular Hbond substituents is 1. The van der Waals surface area contributed by atoms with Crippen LogP contribution in [0.15, 0.2) is 29.8 Å². The third-order valence-corrected chi connectivity index (χ3v) is 4.07. The SMILES string of the molecule is O=C(NCCc1nccs1)c1ccc(I)c(O)c1. The van der Waals surface area contributed by atoms with E-state index in [4.69, 9.17) is 0 Å². The van der Waals surface area contributed by atoms with Gasteiger partial charge in [0.05, 0.1) is 8.58 Å². The Morgan fingerprint density at radius 2 is 2.33 bits per heavy atom. The molecule has 4 nitrogen and oxygen atoms in total. The molecule has 1 heterocycles. The average Bonchev–Trinajstić information content (AvgIpc) is 2.85. The Balaban J connectivity index is 1.89. The monoisotopic (exact) mass is 374 g/mol. The molecule has 0 radical (unpaired) electrons. The predicted molar refractivity (Wildman–Crippen MR) is 79.0 cm³/mol. The number of carbonyl (C=O) groups is 1. The number of hydrogen-bond donors (Lipinski definition) is 2. The smallest absolute Gasteiger partial charge is 0.251 e. The van der Waals surface area contributed by atoms with Gasteiger partial charge >= 0.3 is 0 Å². The van der Waals surface area contributed by atoms with E-state index in [9.17, 15) is 9.90 Å². The quantitative estimate of drug-likeness (QED) is 0.809. The van der Waals surface area contributed by atoms with Crippen LogP contribution in [0.25, 0.3) is 0 Å². The molecule has 0 fully saturated rings. The predicted octanol–water partition coefficient (Wildman–Crippen LogP) is 2.43. The molecule has 2 aromatic rings. The van der Waals surface area contributed by atoms with Crippen LogP contribution in [0.1, 0.15) is 15.4 Å². The maximum Gasteiger partial charge on any atom is 0.251 e. The van der Waals surface area contributed by atoms with Crippen LogP contribution in [0.5, 0.6) is 5.75 Å². The fourth-order valence-corrected chi connectivity index (χ4v) is 2.37. The summed E-state index contributed by atoms with van der Waals surface area (Å²) in [6, 6.07) is 4.88. The molecule has 0 aliphatic carbocycles. The molecule has 0 aliphatic heterocycles. The number of phenols is 1. The molecular weight excluding hydrogens is 363 g/mol. The number of halogens is 1. The van der Waals surface area contributed by atoms with Gasteiger partial charge in [-0.3, -0.25) is 4.79 Å². The van der Waals surface area contributed by atoms with Crippen molar-refractivity contribution in [1.29, 1.82) is 0 Å². The number of benzene rings is 1. The van der Waals surface area contributed by atoms with Crippen LogP contribution in [0.3, 0.4) is 0 Å². The molecule has 2 rings (SSSR count). The van der Waals surface area contributed by atoms with E-state index in [1.165, 1.54) is 6.07 Å². The molecule has 0 atom stereocenters. The van der Waals surface area contributed by atoms with Crippen molar-refractivity contribution in [1.82, 2.24) is 10.3 Å². The number of amides is 1. The van der Waals surface area contributed by atoms with Gasteiger partial charge in [-0.25, -0.2) is 4.98 Å². The molecule has 6 heteroatoms. The number of aromatic hydroxyl groups is 1. The highest BCUT2D eigenvalue weighted by Gasteiger charge is 2.07. The van der Waals surface area contributed by atoms with Gasteiger partial charge in [-0.05, 0) is 40.8 Å². The first kappa shape index (κ1) is 13.3. The van der Waals surface area contributed by atoms with Crippen molar-refractivity contribution in [2.24, 2.45) is 0 Å². The Labute approximate surface area is 122 Å². The van der Waals surface area contributed by atoms with Crippen molar-refractivity contribution in [3.63, 3.8) is 0 Å². The number of thiazole rings is 1. The number of rotatable bonds is 4. The van der Waals surface area contributed by atoms with Crippen molar-refractivity contribution in [2.45, 2.75) is 6.42 Å². The average molecular weight is 374 g/mol. The van der Waals surface area contributed by atoms with Gasteiger partial charge in [0, 0.05) is 30.1 Å². The second-order valence-corrected chi connectivity index (χ2v) is 5.74. The fourth-order valence-electron chi connectivity index (χ4n) is 1.42. The van der Waals surface area contributed by atoms with E-state index >= 15 is 0 Å². The second kappa shape index (κ2) is 6.14. The molecule has 1 aromatic heterocycles. The molecule has 1 amide bonds. The van der Waals surface area contributed by atoms with E-state index in [0.717, 1.165) is 15.0 Å². The third kappa shape index (κ3) is 3.42. The van der Waals surface area contributed by atoms with E-state index in [-0.39, 0.29) is 11.7 Å². The minimum absolute atomic E-state index is 0.128. The Hall–Kier alpha value is -1.15. The van der Waals surface area contributed by atoms with Gasteiger partial charge < -0.3 is 10.4 Å². The van der Waals surface area contributed by atoms with E-state index in [1.54, 1.807) is 29.7 Å². The topological polar surface area (TPSA) is 62.2 Å². The zero-order valence-electron chi connectivity index (χ0n) is 9.39.